The molecule has 110 valence electrons. The molecule has 0 bridgehead atoms. The molecule has 0 aromatic heterocycles. The average molecular weight is 307 g/mol. The summed E-state index contributed by atoms with van der Waals surface area (Å²) in [5, 5.41) is 0. The van der Waals surface area contributed by atoms with Gasteiger partial charge in [-0.3, -0.25) is 0 Å². The standard InChI is InChI=1S/C14H14S2.2C2H6/c1-11-3-5-13(6-4-11)16-14-9-7-12(15-2)8-10-14;2*1-2/h3-10H,1-2H3;2*1-2H3. The zero-order valence-corrected chi connectivity index (χ0v) is 15.1. The Hall–Kier alpha value is -0.860. The highest BCUT2D eigenvalue weighted by Gasteiger charge is 1.97. The highest BCUT2D eigenvalue weighted by atomic mass is 32.2. The van der Waals surface area contributed by atoms with Crippen LogP contribution in [-0.4, -0.2) is 6.26 Å². The van der Waals surface area contributed by atoms with Crippen LogP contribution >= 0.6 is 23.5 Å². The second-order valence-corrected chi connectivity index (χ2v) is 5.62. The Morgan fingerprint density at radius 1 is 0.600 bits per heavy atom. The molecule has 2 aromatic rings. The van der Waals surface area contributed by atoms with Gasteiger partial charge >= 0.3 is 0 Å². The number of thioether (sulfide) groups is 1. The van der Waals surface area contributed by atoms with Gasteiger partial charge in [-0.2, -0.15) is 0 Å². The first-order valence-corrected chi connectivity index (χ1v) is 9.20. The Balaban J connectivity index is 0.000000829. The quantitative estimate of drug-likeness (QED) is 0.564. The molecule has 2 aromatic carbocycles. The first kappa shape index (κ1) is 19.1. The van der Waals surface area contributed by atoms with E-state index in [1.807, 2.05) is 27.7 Å². The first-order chi connectivity index (χ1) is 9.78. The van der Waals surface area contributed by atoms with E-state index >= 15 is 0 Å². The molecular weight excluding hydrogens is 280 g/mol. The van der Waals surface area contributed by atoms with Gasteiger partial charge in [-0.25, -0.2) is 0 Å². The third-order valence-electron chi connectivity index (χ3n) is 2.32. The predicted octanol–water partition coefficient (Wildman–Crippen LogP) is 6.92. The Morgan fingerprint density at radius 3 is 1.35 bits per heavy atom. The largest absolute Gasteiger partial charge is 0.130 e. The van der Waals surface area contributed by atoms with Crippen molar-refractivity contribution in [3.8, 4) is 0 Å². The van der Waals surface area contributed by atoms with E-state index in [-0.39, 0.29) is 0 Å². The summed E-state index contributed by atoms with van der Waals surface area (Å²) in [6.45, 7) is 10.1. The summed E-state index contributed by atoms with van der Waals surface area (Å²) in [6.07, 6.45) is 2.10. The minimum atomic E-state index is 1.29. The predicted molar refractivity (Wildman–Crippen MR) is 96.2 cm³/mol. The SMILES string of the molecule is CC.CC.CSc1ccc(Sc2ccc(C)cc2)cc1. The van der Waals surface area contributed by atoms with Gasteiger partial charge < -0.3 is 0 Å². The zero-order valence-electron chi connectivity index (χ0n) is 13.4. The van der Waals surface area contributed by atoms with Gasteiger partial charge in [0.1, 0.15) is 0 Å². The number of benzene rings is 2. The van der Waals surface area contributed by atoms with Gasteiger partial charge in [-0.1, -0.05) is 57.2 Å². The van der Waals surface area contributed by atoms with Crippen molar-refractivity contribution in [2.75, 3.05) is 6.26 Å². The third kappa shape index (κ3) is 7.06. The van der Waals surface area contributed by atoms with Crippen LogP contribution in [0.5, 0.6) is 0 Å². The maximum absolute atomic E-state index is 2.18. The van der Waals surface area contributed by atoms with Gasteiger partial charge in [-0.05, 0) is 49.6 Å². The van der Waals surface area contributed by atoms with E-state index in [0.717, 1.165) is 0 Å². The summed E-state index contributed by atoms with van der Waals surface area (Å²) in [5.41, 5.74) is 1.31. The van der Waals surface area contributed by atoms with Crippen LogP contribution in [0.3, 0.4) is 0 Å². The molecule has 0 amide bonds. The third-order valence-corrected chi connectivity index (χ3v) is 4.08. The van der Waals surface area contributed by atoms with Gasteiger partial charge in [0, 0.05) is 14.7 Å². The topological polar surface area (TPSA) is 0 Å². The van der Waals surface area contributed by atoms with E-state index in [0.29, 0.717) is 0 Å². The van der Waals surface area contributed by atoms with E-state index in [4.69, 9.17) is 0 Å². The van der Waals surface area contributed by atoms with Crippen LogP contribution < -0.4 is 0 Å². The molecule has 0 aliphatic heterocycles. The summed E-state index contributed by atoms with van der Waals surface area (Å²) < 4.78 is 0. The lowest BCUT2D eigenvalue weighted by Gasteiger charge is -2.03. The van der Waals surface area contributed by atoms with Crippen molar-refractivity contribution in [1.29, 1.82) is 0 Å². The molecule has 0 aliphatic rings. The van der Waals surface area contributed by atoms with Crippen molar-refractivity contribution in [2.24, 2.45) is 0 Å². The Morgan fingerprint density at radius 2 is 0.950 bits per heavy atom. The Kier molecular flexibility index (Phi) is 11.4. The van der Waals surface area contributed by atoms with Gasteiger partial charge in [0.15, 0.2) is 0 Å². The number of rotatable bonds is 3. The minimum absolute atomic E-state index is 1.29. The first-order valence-electron chi connectivity index (χ1n) is 7.16. The second kappa shape index (κ2) is 11.9. The maximum Gasteiger partial charge on any atom is 0.0123 e. The molecule has 0 fully saturated rings. The summed E-state index contributed by atoms with van der Waals surface area (Å²) >= 11 is 3.58. The van der Waals surface area contributed by atoms with Crippen molar-refractivity contribution in [1.82, 2.24) is 0 Å². The number of aryl methyl sites for hydroxylation is 1. The molecular formula is C18H26S2. The normalized spacial score (nSPS) is 8.90. The van der Waals surface area contributed by atoms with Gasteiger partial charge in [0.2, 0.25) is 0 Å². The lowest BCUT2D eigenvalue weighted by atomic mass is 10.2. The molecule has 2 heteroatoms. The number of hydrogen-bond donors (Lipinski definition) is 0. The van der Waals surface area contributed by atoms with Crippen LogP contribution in [0.2, 0.25) is 0 Å². The van der Waals surface area contributed by atoms with Crippen LogP contribution in [-0.2, 0) is 0 Å². The van der Waals surface area contributed by atoms with Crippen molar-refractivity contribution in [3.63, 3.8) is 0 Å². The van der Waals surface area contributed by atoms with E-state index in [1.54, 1.807) is 23.5 Å². The monoisotopic (exact) mass is 306 g/mol. The lowest BCUT2D eigenvalue weighted by Crippen LogP contribution is -1.75. The lowest BCUT2D eigenvalue weighted by molar-refractivity contribution is 1.33. The van der Waals surface area contributed by atoms with E-state index in [1.165, 1.54) is 20.2 Å². The van der Waals surface area contributed by atoms with Gasteiger partial charge in [0.05, 0.1) is 0 Å². The van der Waals surface area contributed by atoms with Crippen molar-refractivity contribution >= 4 is 23.5 Å². The van der Waals surface area contributed by atoms with E-state index < -0.39 is 0 Å². The molecule has 0 aliphatic carbocycles. The molecule has 0 radical (unpaired) electrons. The Bertz CT molecular complexity index is 444. The fourth-order valence-electron chi connectivity index (χ4n) is 1.39. The maximum atomic E-state index is 2.18. The van der Waals surface area contributed by atoms with Crippen molar-refractivity contribution in [3.05, 3.63) is 54.1 Å². The minimum Gasteiger partial charge on any atom is -0.130 e. The molecule has 0 heterocycles. The zero-order chi connectivity index (χ0) is 15.4. The summed E-state index contributed by atoms with van der Waals surface area (Å²) in [7, 11) is 0. The van der Waals surface area contributed by atoms with Gasteiger partial charge in [0.25, 0.3) is 0 Å². The van der Waals surface area contributed by atoms with Crippen LogP contribution in [0.4, 0.5) is 0 Å². The van der Waals surface area contributed by atoms with Crippen LogP contribution in [0, 0.1) is 6.92 Å². The van der Waals surface area contributed by atoms with Crippen molar-refractivity contribution in [2.45, 2.75) is 49.3 Å². The molecule has 0 saturated carbocycles. The van der Waals surface area contributed by atoms with E-state index in [2.05, 4.69) is 61.7 Å². The van der Waals surface area contributed by atoms with Crippen LogP contribution in [0.25, 0.3) is 0 Å². The highest BCUT2D eigenvalue weighted by molar-refractivity contribution is 7.99. The molecule has 0 spiro atoms. The van der Waals surface area contributed by atoms with E-state index in [9.17, 15) is 0 Å². The van der Waals surface area contributed by atoms with Crippen LogP contribution in [0.1, 0.15) is 33.3 Å². The molecule has 0 N–H and O–H groups in total. The summed E-state index contributed by atoms with van der Waals surface area (Å²) in [4.78, 5) is 3.90. The molecule has 0 saturated heterocycles. The fraction of sp³-hybridized carbons (Fsp3) is 0.333. The number of hydrogen-bond acceptors (Lipinski definition) is 2. The van der Waals surface area contributed by atoms with Crippen molar-refractivity contribution < 1.29 is 0 Å². The smallest absolute Gasteiger partial charge is 0.0123 e. The van der Waals surface area contributed by atoms with Gasteiger partial charge in [-0.15, -0.1) is 11.8 Å². The molecule has 0 atom stereocenters. The fourth-order valence-corrected chi connectivity index (χ4v) is 2.61. The highest BCUT2D eigenvalue weighted by Crippen LogP contribution is 2.29. The second-order valence-electron chi connectivity index (χ2n) is 3.59. The summed E-state index contributed by atoms with van der Waals surface area (Å²) in [5.74, 6) is 0. The molecule has 0 unspecified atom stereocenters. The average Bonchev–Trinajstić information content (AvgIpc) is 2.54. The molecule has 0 nitrogen and oxygen atoms in total. The molecule has 20 heavy (non-hydrogen) atoms. The summed E-state index contributed by atoms with van der Waals surface area (Å²) in [6, 6.07) is 17.3. The van der Waals surface area contributed by atoms with Crippen LogP contribution in [0.15, 0.2) is 63.2 Å². The molecule has 2 rings (SSSR count). The Labute approximate surface area is 133 Å².